The predicted molar refractivity (Wildman–Crippen MR) is 99.1 cm³/mol. The molecule has 0 bridgehead atoms. The summed E-state index contributed by atoms with van der Waals surface area (Å²) in [5.41, 5.74) is 3.60. The van der Waals surface area contributed by atoms with Gasteiger partial charge in [-0.25, -0.2) is 0 Å². The number of aromatic nitrogens is 3. The molecular formula is C18H19ClN4O2. The Balaban J connectivity index is 1.99. The van der Waals surface area contributed by atoms with Gasteiger partial charge in [-0.2, -0.15) is 0 Å². The van der Waals surface area contributed by atoms with Crippen LogP contribution in [0.25, 0.3) is 11.0 Å². The van der Waals surface area contributed by atoms with E-state index >= 15 is 0 Å². The number of hydrogen-bond donors (Lipinski definition) is 2. The summed E-state index contributed by atoms with van der Waals surface area (Å²) in [7, 11) is 0. The number of fused-ring (bicyclic) bond motifs is 1. The zero-order valence-electron chi connectivity index (χ0n) is 14.0. The third kappa shape index (κ3) is 3.58. The average Bonchev–Trinajstić information content (AvgIpc) is 2.97. The topological polar surface area (TPSA) is 79.8 Å². The van der Waals surface area contributed by atoms with Gasteiger partial charge in [-0.1, -0.05) is 25.4 Å². The number of nitrogens with zero attached hydrogens (tertiary/aromatic N) is 2. The Bertz CT molecular complexity index is 975. The minimum atomic E-state index is -0.262. The number of amides is 1. The predicted octanol–water partition coefficient (Wildman–Crippen LogP) is 3.19. The summed E-state index contributed by atoms with van der Waals surface area (Å²) < 4.78 is 1.53. The summed E-state index contributed by atoms with van der Waals surface area (Å²) in [5.74, 6) is 0.462. The van der Waals surface area contributed by atoms with E-state index in [9.17, 15) is 9.59 Å². The van der Waals surface area contributed by atoms with Crippen LogP contribution in [0.2, 0.25) is 5.02 Å². The number of nitrogens with one attached hydrogen (secondary N) is 2. The van der Waals surface area contributed by atoms with Gasteiger partial charge in [0.2, 0.25) is 6.41 Å². The monoisotopic (exact) mass is 358 g/mol. The van der Waals surface area contributed by atoms with Gasteiger partial charge in [0.05, 0.1) is 22.6 Å². The number of carbonyl (C=O) groups is 1. The lowest BCUT2D eigenvalue weighted by Crippen LogP contribution is -2.23. The van der Waals surface area contributed by atoms with Crippen LogP contribution in [0.3, 0.4) is 0 Å². The zero-order valence-corrected chi connectivity index (χ0v) is 14.8. The Morgan fingerprint density at radius 3 is 2.96 bits per heavy atom. The number of halogens is 1. The number of rotatable bonds is 6. The van der Waals surface area contributed by atoms with Gasteiger partial charge in [-0.15, -0.1) is 0 Å². The number of anilines is 1. The van der Waals surface area contributed by atoms with Crippen molar-refractivity contribution < 1.29 is 4.79 Å². The van der Waals surface area contributed by atoms with E-state index in [2.05, 4.69) is 29.1 Å². The molecule has 25 heavy (non-hydrogen) atoms. The van der Waals surface area contributed by atoms with Gasteiger partial charge < -0.3 is 14.9 Å². The summed E-state index contributed by atoms with van der Waals surface area (Å²) >= 11 is 6.32. The molecule has 3 rings (SSSR count). The van der Waals surface area contributed by atoms with E-state index in [-0.39, 0.29) is 11.2 Å². The summed E-state index contributed by atoms with van der Waals surface area (Å²) in [5, 5.41) is 3.06. The molecule has 0 aromatic carbocycles. The minimum absolute atomic E-state index is 0.246. The lowest BCUT2D eigenvalue weighted by atomic mass is 10.0. The van der Waals surface area contributed by atoms with Gasteiger partial charge in [-0.3, -0.25) is 14.6 Å². The van der Waals surface area contributed by atoms with E-state index < -0.39 is 0 Å². The number of aromatic amines is 1. The highest BCUT2D eigenvalue weighted by Crippen LogP contribution is 2.27. The quantitative estimate of drug-likeness (QED) is 0.664. The van der Waals surface area contributed by atoms with Crippen molar-refractivity contribution in [3.05, 3.63) is 57.2 Å². The van der Waals surface area contributed by atoms with Gasteiger partial charge in [-0.05, 0) is 36.1 Å². The third-order valence-corrected chi connectivity index (χ3v) is 4.27. The first-order chi connectivity index (χ1) is 12.0. The third-order valence-electron chi connectivity index (χ3n) is 3.95. The molecule has 0 aliphatic rings. The number of carbonyl (C=O) groups excluding carboxylic acids is 1. The molecular weight excluding hydrogens is 340 g/mol. The van der Waals surface area contributed by atoms with E-state index in [0.29, 0.717) is 23.9 Å². The van der Waals surface area contributed by atoms with Gasteiger partial charge >= 0.3 is 0 Å². The smallest absolute Gasteiger partial charge is 0.274 e. The molecule has 2 N–H and O–H groups in total. The van der Waals surface area contributed by atoms with Crippen LogP contribution in [0.5, 0.6) is 0 Å². The minimum Gasteiger partial charge on any atom is -0.355 e. The highest BCUT2D eigenvalue weighted by Gasteiger charge is 2.13. The second-order valence-corrected chi connectivity index (χ2v) is 6.76. The van der Waals surface area contributed by atoms with Gasteiger partial charge in [0, 0.05) is 18.1 Å². The van der Waals surface area contributed by atoms with Crippen LogP contribution >= 0.6 is 11.6 Å². The van der Waals surface area contributed by atoms with Crippen molar-refractivity contribution in [3.63, 3.8) is 0 Å². The van der Waals surface area contributed by atoms with Crippen LogP contribution in [0.15, 0.2) is 35.4 Å². The summed E-state index contributed by atoms with van der Waals surface area (Å²) in [6.07, 6.45) is 4.68. The van der Waals surface area contributed by atoms with Gasteiger partial charge in [0.1, 0.15) is 5.69 Å². The summed E-state index contributed by atoms with van der Waals surface area (Å²) in [6.45, 7) is 4.62. The first kappa shape index (κ1) is 17.2. The Morgan fingerprint density at radius 1 is 1.44 bits per heavy atom. The lowest BCUT2D eigenvalue weighted by Gasteiger charge is -2.08. The molecule has 3 heterocycles. The van der Waals surface area contributed by atoms with Crippen LogP contribution in [0.4, 0.5) is 5.69 Å². The molecule has 0 spiro atoms. The van der Waals surface area contributed by atoms with Crippen LogP contribution in [-0.4, -0.2) is 20.9 Å². The van der Waals surface area contributed by atoms with Crippen molar-refractivity contribution in [1.29, 1.82) is 0 Å². The van der Waals surface area contributed by atoms with E-state index in [4.69, 9.17) is 11.6 Å². The number of hydrogen-bond acceptors (Lipinski definition) is 3. The van der Waals surface area contributed by atoms with Crippen LogP contribution < -0.4 is 10.9 Å². The van der Waals surface area contributed by atoms with Crippen LogP contribution in [0.1, 0.15) is 25.1 Å². The molecule has 0 fully saturated rings. The van der Waals surface area contributed by atoms with Crippen LogP contribution in [-0.2, 0) is 17.8 Å². The molecule has 1 amide bonds. The maximum atomic E-state index is 12.3. The molecule has 0 radical (unpaired) electrons. The second-order valence-electron chi connectivity index (χ2n) is 6.35. The molecule has 3 aromatic heterocycles. The summed E-state index contributed by atoms with van der Waals surface area (Å²) in [6, 6.07) is 5.21. The van der Waals surface area contributed by atoms with Crippen molar-refractivity contribution in [2.75, 3.05) is 5.32 Å². The Hall–Kier alpha value is -2.60. The maximum Gasteiger partial charge on any atom is 0.274 e. The fourth-order valence-electron chi connectivity index (χ4n) is 2.86. The molecule has 6 nitrogen and oxygen atoms in total. The molecule has 0 unspecified atom stereocenters. The molecule has 130 valence electrons. The van der Waals surface area contributed by atoms with Crippen LogP contribution in [0, 0.1) is 5.92 Å². The van der Waals surface area contributed by atoms with E-state index in [1.807, 2.05) is 6.07 Å². The molecule has 0 saturated heterocycles. The number of H-pyrrole nitrogens is 1. The fraction of sp³-hybridized carbons (Fsp3) is 0.278. The van der Waals surface area contributed by atoms with Crippen molar-refractivity contribution in [2.45, 2.75) is 26.8 Å². The van der Waals surface area contributed by atoms with Crippen molar-refractivity contribution in [3.8, 4) is 0 Å². The largest absolute Gasteiger partial charge is 0.355 e. The van der Waals surface area contributed by atoms with Gasteiger partial charge in [0.25, 0.3) is 5.56 Å². The standard InChI is InChI=1S/C18H19ClN4O2/c1-11(2)6-13-14(19)8-20-16-7-12(22-17(13)16)9-23-5-3-4-15(18(23)25)21-10-24/h3-5,7-8,10-11,22H,6,9H2,1-2H3,(H,21,24). The van der Waals surface area contributed by atoms with E-state index in [0.717, 1.165) is 28.7 Å². The van der Waals surface area contributed by atoms with Crippen molar-refractivity contribution in [2.24, 2.45) is 5.92 Å². The summed E-state index contributed by atoms with van der Waals surface area (Å²) in [4.78, 5) is 30.6. The molecule has 3 aromatic rings. The highest BCUT2D eigenvalue weighted by molar-refractivity contribution is 6.32. The zero-order chi connectivity index (χ0) is 18.0. The second kappa shape index (κ2) is 7.11. The average molecular weight is 359 g/mol. The molecule has 0 aliphatic carbocycles. The normalized spacial score (nSPS) is 11.2. The maximum absolute atomic E-state index is 12.3. The molecule has 7 heteroatoms. The fourth-order valence-corrected chi connectivity index (χ4v) is 3.08. The number of pyridine rings is 2. The molecule has 0 atom stereocenters. The van der Waals surface area contributed by atoms with E-state index in [1.165, 1.54) is 4.57 Å². The first-order valence-corrected chi connectivity index (χ1v) is 8.42. The SMILES string of the molecule is CC(C)Cc1c(Cl)cnc2cc(Cn3cccc(NC=O)c3=O)[nH]c12. The Labute approximate surface area is 149 Å². The van der Waals surface area contributed by atoms with Crippen molar-refractivity contribution in [1.82, 2.24) is 14.5 Å². The Kier molecular flexibility index (Phi) is 4.90. The highest BCUT2D eigenvalue weighted by atomic mass is 35.5. The van der Waals surface area contributed by atoms with E-state index in [1.54, 1.807) is 24.5 Å². The Morgan fingerprint density at radius 2 is 2.24 bits per heavy atom. The molecule has 0 aliphatic heterocycles. The lowest BCUT2D eigenvalue weighted by molar-refractivity contribution is -0.105. The first-order valence-electron chi connectivity index (χ1n) is 8.04. The van der Waals surface area contributed by atoms with Crippen molar-refractivity contribution >= 4 is 34.7 Å². The molecule has 0 saturated carbocycles. The van der Waals surface area contributed by atoms with Gasteiger partial charge in [0.15, 0.2) is 0 Å².